The van der Waals surface area contributed by atoms with Gasteiger partial charge in [0.25, 0.3) is 0 Å². The van der Waals surface area contributed by atoms with Gasteiger partial charge in [0.1, 0.15) is 0 Å². The lowest BCUT2D eigenvalue weighted by Crippen LogP contribution is -2.60. The van der Waals surface area contributed by atoms with Gasteiger partial charge in [0.15, 0.2) is 0 Å². The summed E-state index contributed by atoms with van der Waals surface area (Å²) in [5.41, 5.74) is 0.979. The Bertz CT molecular complexity index is 557. The Kier molecular flexibility index (Phi) is 4.83. The summed E-state index contributed by atoms with van der Waals surface area (Å²) in [5, 5.41) is 0. The van der Waals surface area contributed by atoms with Crippen molar-refractivity contribution in [2.45, 2.75) is 31.6 Å². The predicted octanol–water partition coefficient (Wildman–Crippen LogP) is 1.52. The topological polar surface area (TPSA) is 42.0 Å². The highest BCUT2D eigenvalue weighted by Gasteiger charge is 2.39. The number of nitrogens with zero attached hydrogens (tertiary/aromatic N) is 2. The van der Waals surface area contributed by atoms with Gasteiger partial charge in [0, 0.05) is 19.1 Å². The van der Waals surface area contributed by atoms with Crippen LogP contribution >= 0.6 is 0 Å². The summed E-state index contributed by atoms with van der Waals surface area (Å²) in [4.78, 5) is 17.2. The van der Waals surface area contributed by atoms with E-state index in [1.54, 1.807) is 0 Å². The molecule has 4 saturated heterocycles. The van der Waals surface area contributed by atoms with E-state index in [1.165, 1.54) is 25.9 Å². The van der Waals surface area contributed by atoms with Crippen molar-refractivity contribution in [3.63, 3.8) is 0 Å². The molecule has 24 heavy (non-hydrogen) atoms. The first-order chi connectivity index (χ1) is 11.8. The molecule has 0 aromatic heterocycles. The number of esters is 1. The second-order valence-corrected chi connectivity index (χ2v) is 7.15. The number of rotatable bonds is 4. The molecule has 0 N–H and O–H groups in total. The molecule has 0 aliphatic carbocycles. The highest BCUT2D eigenvalue weighted by molar-refractivity contribution is 5.72. The number of carbonyl (C=O) groups excluding carboxylic acids is 1. The Morgan fingerprint density at radius 2 is 1.92 bits per heavy atom. The van der Waals surface area contributed by atoms with E-state index in [2.05, 4.69) is 9.80 Å². The Balaban J connectivity index is 1.31. The van der Waals surface area contributed by atoms with Gasteiger partial charge < -0.3 is 14.4 Å². The number of hydrogen-bond donors (Lipinski definition) is 0. The van der Waals surface area contributed by atoms with Crippen molar-refractivity contribution in [1.82, 2.24) is 9.80 Å². The van der Waals surface area contributed by atoms with Crippen LogP contribution in [-0.2, 0) is 20.7 Å². The van der Waals surface area contributed by atoms with Crippen molar-refractivity contribution in [3.05, 3.63) is 35.9 Å². The Hall–Kier alpha value is -1.43. The molecule has 5 nitrogen and oxygen atoms in total. The molecule has 0 radical (unpaired) electrons. The summed E-state index contributed by atoms with van der Waals surface area (Å²) in [5.74, 6) is 0.593. The smallest absolute Gasteiger partial charge is 0.312 e. The van der Waals surface area contributed by atoms with Crippen molar-refractivity contribution in [3.8, 4) is 0 Å². The highest BCUT2D eigenvalue weighted by Crippen LogP contribution is 2.31. The first kappa shape index (κ1) is 16.1. The van der Waals surface area contributed by atoms with Crippen LogP contribution in [0, 0.1) is 5.92 Å². The summed E-state index contributed by atoms with van der Waals surface area (Å²) in [6.07, 6.45) is 2.49. The van der Waals surface area contributed by atoms with Gasteiger partial charge in [-0.05, 0) is 37.4 Å². The molecule has 4 aliphatic heterocycles. The molecule has 4 aliphatic rings. The molecule has 0 amide bonds. The van der Waals surface area contributed by atoms with E-state index in [-0.39, 0.29) is 5.97 Å². The van der Waals surface area contributed by atoms with Crippen molar-refractivity contribution < 1.29 is 14.3 Å². The number of ether oxygens (including phenoxy) is 2. The highest BCUT2D eigenvalue weighted by atomic mass is 16.7. The van der Waals surface area contributed by atoms with Crippen LogP contribution in [-0.4, -0.2) is 67.4 Å². The van der Waals surface area contributed by atoms with Gasteiger partial charge in [-0.3, -0.25) is 9.69 Å². The molecule has 4 heterocycles. The molecule has 1 aromatic carbocycles. The van der Waals surface area contributed by atoms with Gasteiger partial charge in [-0.15, -0.1) is 0 Å². The summed E-state index contributed by atoms with van der Waals surface area (Å²) in [6, 6.07) is 10.3. The normalized spacial score (nSPS) is 33.3. The number of fused-ring (bicyclic) bond motifs is 3. The molecule has 5 heteroatoms. The lowest BCUT2D eigenvalue weighted by Gasteiger charge is -2.50. The van der Waals surface area contributed by atoms with Gasteiger partial charge >= 0.3 is 5.97 Å². The third-order valence-electron chi connectivity index (χ3n) is 5.61. The Morgan fingerprint density at radius 3 is 2.62 bits per heavy atom. The largest absolute Gasteiger partial charge is 0.434 e. The van der Waals surface area contributed by atoms with Gasteiger partial charge in [-0.2, -0.15) is 0 Å². The fraction of sp³-hybridized carbons (Fsp3) is 0.632. The van der Waals surface area contributed by atoms with Crippen molar-refractivity contribution in [2.75, 3.05) is 39.3 Å². The molecule has 0 saturated carbocycles. The van der Waals surface area contributed by atoms with Gasteiger partial charge in [0.05, 0.1) is 19.6 Å². The average Bonchev–Trinajstić information content (AvgIpc) is 2.63. The lowest BCUT2D eigenvalue weighted by atomic mass is 9.83. The number of carbonyl (C=O) groups is 1. The minimum absolute atomic E-state index is 0.207. The van der Waals surface area contributed by atoms with E-state index in [0.29, 0.717) is 25.6 Å². The van der Waals surface area contributed by atoms with Gasteiger partial charge in [0.2, 0.25) is 6.29 Å². The molecule has 1 unspecified atom stereocenters. The maximum absolute atomic E-state index is 12.2. The zero-order chi connectivity index (χ0) is 16.4. The zero-order valence-corrected chi connectivity index (χ0v) is 14.1. The first-order valence-corrected chi connectivity index (χ1v) is 9.09. The van der Waals surface area contributed by atoms with Gasteiger partial charge in [-0.25, -0.2) is 0 Å². The number of hydrogen-bond acceptors (Lipinski definition) is 5. The average molecular weight is 330 g/mol. The van der Waals surface area contributed by atoms with E-state index >= 15 is 0 Å². The van der Waals surface area contributed by atoms with Crippen LogP contribution in [0.3, 0.4) is 0 Å². The van der Waals surface area contributed by atoms with Crippen LogP contribution in [0.1, 0.15) is 18.4 Å². The van der Waals surface area contributed by atoms with E-state index in [9.17, 15) is 4.79 Å². The van der Waals surface area contributed by atoms with Crippen LogP contribution in [0.4, 0.5) is 0 Å². The minimum atomic E-state index is -0.426. The minimum Gasteiger partial charge on any atom is -0.434 e. The molecular formula is C19H26N2O3. The molecular weight excluding hydrogens is 304 g/mol. The summed E-state index contributed by atoms with van der Waals surface area (Å²) < 4.78 is 11.3. The van der Waals surface area contributed by atoms with E-state index in [0.717, 1.165) is 24.6 Å². The Morgan fingerprint density at radius 1 is 1.12 bits per heavy atom. The van der Waals surface area contributed by atoms with Crippen LogP contribution < -0.4 is 0 Å². The Labute approximate surface area is 143 Å². The summed E-state index contributed by atoms with van der Waals surface area (Å²) >= 11 is 0. The van der Waals surface area contributed by atoms with E-state index < -0.39 is 6.29 Å². The molecule has 4 fully saturated rings. The molecule has 0 spiro atoms. The van der Waals surface area contributed by atoms with E-state index in [4.69, 9.17) is 9.47 Å². The predicted molar refractivity (Wildman–Crippen MR) is 90.5 cm³/mol. The van der Waals surface area contributed by atoms with Crippen LogP contribution in [0.5, 0.6) is 0 Å². The summed E-state index contributed by atoms with van der Waals surface area (Å²) in [7, 11) is 0. The van der Waals surface area contributed by atoms with Crippen molar-refractivity contribution >= 4 is 5.97 Å². The van der Waals surface area contributed by atoms with Crippen LogP contribution in [0.25, 0.3) is 0 Å². The van der Waals surface area contributed by atoms with Crippen LogP contribution in [0.2, 0.25) is 0 Å². The maximum atomic E-state index is 12.2. The molecule has 130 valence electrons. The molecule has 2 atom stereocenters. The maximum Gasteiger partial charge on any atom is 0.312 e. The second kappa shape index (κ2) is 7.21. The SMILES string of the molecule is O=C(Cc1ccccc1)OC1CN([C@H]2CN3CCC2CC3)CCO1. The third kappa shape index (κ3) is 3.63. The molecule has 5 rings (SSSR count). The fourth-order valence-electron chi connectivity index (χ4n) is 4.31. The molecule has 1 aromatic rings. The van der Waals surface area contributed by atoms with Crippen molar-refractivity contribution in [2.24, 2.45) is 5.92 Å². The quantitative estimate of drug-likeness (QED) is 0.783. The van der Waals surface area contributed by atoms with Crippen LogP contribution in [0.15, 0.2) is 30.3 Å². The third-order valence-corrected chi connectivity index (χ3v) is 5.61. The first-order valence-electron chi connectivity index (χ1n) is 9.09. The number of piperidine rings is 3. The monoisotopic (exact) mass is 330 g/mol. The summed E-state index contributed by atoms with van der Waals surface area (Å²) in [6.45, 7) is 5.96. The van der Waals surface area contributed by atoms with E-state index in [1.807, 2.05) is 30.3 Å². The molecule has 2 bridgehead atoms. The lowest BCUT2D eigenvalue weighted by molar-refractivity contribution is -0.200. The van der Waals surface area contributed by atoms with Crippen molar-refractivity contribution in [1.29, 1.82) is 0 Å². The van der Waals surface area contributed by atoms with Gasteiger partial charge in [-0.1, -0.05) is 30.3 Å². The second-order valence-electron chi connectivity index (χ2n) is 7.15. The zero-order valence-electron chi connectivity index (χ0n) is 14.1. The standard InChI is InChI=1S/C19H26N2O3/c22-18(12-15-4-2-1-3-5-15)24-19-14-21(10-11-23-19)17-13-20-8-6-16(17)7-9-20/h1-5,16-17,19H,6-14H2/t17-,19?/m0/s1. The number of morpholine rings is 1. The fourth-order valence-corrected chi connectivity index (χ4v) is 4.31. The number of benzene rings is 1.